The lowest BCUT2D eigenvalue weighted by molar-refractivity contribution is -0.384. The van der Waals surface area contributed by atoms with Crippen molar-refractivity contribution >= 4 is 23.4 Å². The summed E-state index contributed by atoms with van der Waals surface area (Å²) >= 11 is 0. The molecule has 2 amide bonds. The molecule has 0 saturated carbocycles. The monoisotopic (exact) mass is 462 g/mol. The number of likely N-dealkylation sites (tertiary alicyclic amines) is 1. The molecule has 0 radical (unpaired) electrons. The third-order valence-corrected chi connectivity index (χ3v) is 5.55. The summed E-state index contributed by atoms with van der Waals surface area (Å²) in [5, 5.41) is 13.9. The fourth-order valence-electron chi connectivity index (χ4n) is 3.87. The van der Waals surface area contributed by atoms with Gasteiger partial charge < -0.3 is 19.9 Å². The number of benzene rings is 1. The van der Waals surface area contributed by atoms with Gasteiger partial charge in [-0.1, -0.05) is 0 Å². The fraction of sp³-hybridized carbons (Fsp3) is 0.667. The van der Waals surface area contributed by atoms with Gasteiger partial charge in [0.15, 0.2) is 0 Å². The first-order chi connectivity index (χ1) is 15.5. The van der Waals surface area contributed by atoms with E-state index >= 15 is 0 Å². The summed E-state index contributed by atoms with van der Waals surface area (Å²) < 4.78 is 5.56. The van der Waals surface area contributed by atoms with Gasteiger partial charge in [-0.25, -0.2) is 4.79 Å². The summed E-state index contributed by atoms with van der Waals surface area (Å²) in [7, 11) is 0. The van der Waals surface area contributed by atoms with Crippen LogP contribution in [0.4, 0.5) is 16.2 Å². The summed E-state index contributed by atoms with van der Waals surface area (Å²) in [6.07, 6.45) is 2.72. The van der Waals surface area contributed by atoms with Crippen molar-refractivity contribution in [2.24, 2.45) is 5.92 Å². The van der Waals surface area contributed by atoms with Crippen LogP contribution in [0.5, 0.6) is 0 Å². The third-order valence-electron chi connectivity index (χ3n) is 5.55. The molecule has 1 aliphatic rings. The van der Waals surface area contributed by atoms with Gasteiger partial charge in [-0.15, -0.1) is 0 Å². The van der Waals surface area contributed by atoms with Crippen LogP contribution >= 0.6 is 0 Å². The van der Waals surface area contributed by atoms with Gasteiger partial charge in [-0.05, 0) is 71.9 Å². The summed E-state index contributed by atoms with van der Waals surface area (Å²) in [5.41, 5.74) is 0.307. The molecule has 1 aliphatic heterocycles. The minimum Gasteiger partial charge on any atom is -0.444 e. The number of hydrogen-bond acceptors (Lipinski definition) is 6. The quantitative estimate of drug-likeness (QED) is 0.325. The minimum absolute atomic E-state index is 0.0245. The Kier molecular flexibility index (Phi) is 9.49. The molecular formula is C24H38N4O5. The Balaban J connectivity index is 1.79. The maximum absolute atomic E-state index is 12.7. The molecule has 1 saturated heterocycles. The average molecular weight is 463 g/mol. The van der Waals surface area contributed by atoms with Crippen molar-refractivity contribution in [1.82, 2.24) is 9.80 Å². The number of hydrogen-bond donors (Lipinski definition) is 1. The Morgan fingerprint density at radius 2 is 1.94 bits per heavy atom. The normalized spacial score (nSPS) is 16.4. The average Bonchev–Trinajstić information content (AvgIpc) is 2.74. The largest absolute Gasteiger partial charge is 0.444 e. The van der Waals surface area contributed by atoms with Gasteiger partial charge in [-0.3, -0.25) is 14.9 Å². The van der Waals surface area contributed by atoms with E-state index in [1.807, 2.05) is 39.5 Å². The molecule has 1 aromatic rings. The summed E-state index contributed by atoms with van der Waals surface area (Å²) in [4.78, 5) is 39.3. The highest BCUT2D eigenvalue weighted by atomic mass is 16.6. The van der Waals surface area contributed by atoms with Crippen molar-refractivity contribution in [1.29, 1.82) is 0 Å². The van der Waals surface area contributed by atoms with E-state index in [0.717, 1.165) is 25.1 Å². The molecule has 9 nitrogen and oxygen atoms in total. The molecular weight excluding hydrogens is 424 g/mol. The number of nitro groups is 1. The number of amides is 2. The number of piperidine rings is 1. The van der Waals surface area contributed by atoms with Crippen molar-refractivity contribution in [3.63, 3.8) is 0 Å². The molecule has 1 fully saturated rings. The lowest BCUT2D eigenvalue weighted by Crippen LogP contribution is -2.48. The molecule has 0 aliphatic carbocycles. The molecule has 9 heteroatoms. The number of ether oxygens (including phenoxy) is 1. The molecule has 1 unspecified atom stereocenters. The van der Waals surface area contributed by atoms with Gasteiger partial charge in [0.2, 0.25) is 5.91 Å². The van der Waals surface area contributed by atoms with Crippen molar-refractivity contribution in [2.45, 2.75) is 71.9 Å². The molecule has 1 aromatic carbocycles. The number of nitrogens with zero attached hydrogens (tertiary/aromatic N) is 3. The maximum atomic E-state index is 12.7. The zero-order chi connectivity index (χ0) is 24.6. The number of rotatable bonds is 9. The van der Waals surface area contributed by atoms with E-state index in [4.69, 9.17) is 4.74 Å². The van der Waals surface area contributed by atoms with Crippen LogP contribution in [0.15, 0.2) is 24.3 Å². The minimum atomic E-state index is -0.540. The number of carbonyl (C=O) groups is 2. The Morgan fingerprint density at radius 3 is 2.52 bits per heavy atom. The molecule has 2 rings (SSSR count). The second-order valence-electron chi connectivity index (χ2n) is 9.91. The first-order valence-corrected chi connectivity index (χ1v) is 11.7. The number of non-ortho nitro benzene ring substituents is 1. The van der Waals surface area contributed by atoms with E-state index in [9.17, 15) is 19.7 Å². The maximum Gasteiger partial charge on any atom is 0.410 e. The second-order valence-corrected chi connectivity index (χ2v) is 9.91. The van der Waals surface area contributed by atoms with Gasteiger partial charge in [0, 0.05) is 56.5 Å². The van der Waals surface area contributed by atoms with E-state index in [1.165, 1.54) is 12.1 Å². The van der Waals surface area contributed by atoms with Gasteiger partial charge in [-0.2, -0.15) is 0 Å². The molecule has 0 aromatic heterocycles. The SMILES string of the molecule is CC(C)N(CC1CCCN(C(=O)CCCNc2ccc([N+](=O)[O-])cc2)C1)C(=O)OC(C)(C)C. The van der Waals surface area contributed by atoms with Crippen LogP contribution in [0.25, 0.3) is 0 Å². The van der Waals surface area contributed by atoms with Crippen molar-refractivity contribution in [3.8, 4) is 0 Å². The zero-order valence-electron chi connectivity index (χ0n) is 20.5. The predicted octanol–water partition coefficient (Wildman–Crippen LogP) is 4.67. The fourth-order valence-corrected chi connectivity index (χ4v) is 3.87. The van der Waals surface area contributed by atoms with Gasteiger partial charge in [0.1, 0.15) is 5.60 Å². The highest BCUT2D eigenvalue weighted by Crippen LogP contribution is 2.22. The molecule has 33 heavy (non-hydrogen) atoms. The van der Waals surface area contributed by atoms with Gasteiger partial charge in [0.25, 0.3) is 5.69 Å². The first kappa shape index (κ1) is 26.4. The number of nitrogens with one attached hydrogen (secondary N) is 1. The van der Waals surface area contributed by atoms with E-state index in [1.54, 1.807) is 17.0 Å². The van der Waals surface area contributed by atoms with Gasteiger partial charge in [0.05, 0.1) is 4.92 Å². The lowest BCUT2D eigenvalue weighted by atomic mass is 9.96. The standard InChI is InChI=1S/C24H38N4O5/c1-18(2)27(23(30)33-24(3,4)5)17-19-8-7-15-26(16-19)22(29)9-6-14-25-20-10-12-21(13-11-20)28(31)32/h10-13,18-19,25H,6-9,14-17H2,1-5H3. The topological polar surface area (TPSA) is 105 Å². The van der Waals surface area contributed by atoms with Crippen LogP contribution in [-0.4, -0.2) is 64.5 Å². The lowest BCUT2D eigenvalue weighted by Gasteiger charge is -2.37. The van der Waals surface area contributed by atoms with Crippen LogP contribution < -0.4 is 5.32 Å². The van der Waals surface area contributed by atoms with Crippen LogP contribution in [-0.2, 0) is 9.53 Å². The highest BCUT2D eigenvalue weighted by molar-refractivity contribution is 5.76. The molecule has 1 heterocycles. The number of carbonyl (C=O) groups excluding carboxylic acids is 2. The molecule has 1 N–H and O–H groups in total. The first-order valence-electron chi connectivity index (χ1n) is 11.7. The van der Waals surface area contributed by atoms with Crippen molar-refractivity contribution in [3.05, 3.63) is 34.4 Å². The Morgan fingerprint density at radius 1 is 1.27 bits per heavy atom. The van der Waals surface area contributed by atoms with E-state index in [2.05, 4.69) is 5.32 Å². The molecule has 184 valence electrons. The zero-order valence-corrected chi connectivity index (χ0v) is 20.5. The Labute approximate surface area is 196 Å². The summed E-state index contributed by atoms with van der Waals surface area (Å²) in [5.74, 6) is 0.356. The predicted molar refractivity (Wildman–Crippen MR) is 128 cm³/mol. The summed E-state index contributed by atoms with van der Waals surface area (Å²) in [6, 6.07) is 6.27. The van der Waals surface area contributed by atoms with E-state index < -0.39 is 10.5 Å². The number of nitro benzene ring substituents is 1. The van der Waals surface area contributed by atoms with Gasteiger partial charge >= 0.3 is 6.09 Å². The molecule has 0 bridgehead atoms. The molecule has 0 spiro atoms. The van der Waals surface area contributed by atoms with Crippen LogP contribution in [0, 0.1) is 16.0 Å². The second kappa shape index (κ2) is 11.9. The highest BCUT2D eigenvalue weighted by Gasteiger charge is 2.30. The third kappa shape index (κ3) is 8.90. The Hall–Kier alpha value is -2.84. The molecule has 1 atom stereocenters. The smallest absolute Gasteiger partial charge is 0.410 e. The van der Waals surface area contributed by atoms with E-state index in [-0.39, 0.29) is 29.6 Å². The Bertz CT molecular complexity index is 804. The van der Waals surface area contributed by atoms with Crippen LogP contribution in [0.1, 0.15) is 60.3 Å². The van der Waals surface area contributed by atoms with Crippen molar-refractivity contribution in [2.75, 3.05) is 31.5 Å². The van der Waals surface area contributed by atoms with E-state index in [0.29, 0.717) is 32.5 Å². The summed E-state index contributed by atoms with van der Waals surface area (Å²) in [6.45, 7) is 12.1. The van der Waals surface area contributed by atoms with Crippen LogP contribution in [0.2, 0.25) is 0 Å². The van der Waals surface area contributed by atoms with Crippen LogP contribution in [0.3, 0.4) is 0 Å². The van der Waals surface area contributed by atoms with Crippen molar-refractivity contribution < 1.29 is 19.2 Å². The number of anilines is 1.